The fraction of sp³-hybridized carbons (Fsp3) is 0.714. The van der Waals surface area contributed by atoms with Crippen molar-refractivity contribution in [2.45, 2.75) is 43.2 Å². The number of aliphatic hydroxyl groups excluding tert-OH is 5. The number of rotatable bonds is 7. The fourth-order valence-corrected chi connectivity index (χ4v) is 2.52. The van der Waals surface area contributed by atoms with E-state index in [1.165, 1.54) is 12.3 Å². The molecule has 0 spiro atoms. The molecule has 15 nitrogen and oxygen atoms in total. The zero-order valence-electron chi connectivity index (χ0n) is 15.8. The van der Waals surface area contributed by atoms with Gasteiger partial charge in [-0.2, -0.15) is 4.98 Å². The normalized spacial score (nSPS) is 27.1. The number of aromatic nitrogens is 2. The van der Waals surface area contributed by atoms with Crippen LogP contribution in [0.2, 0.25) is 0 Å². The van der Waals surface area contributed by atoms with Crippen molar-refractivity contribution < 1.29 is 54.3 Å². The number of phosphoric acid groups is 1. The summed E-state index contributed by atoms with van der Waals surface area (Å²) in [5.74, 6) is 0.0537. The standard InChI is InChI=1S/C9H13N3O5.C5H13O7P/c10-5-1-2-12(9(16)11-5)8-7(15)6(14)4(3-13)17-8;1-5(8,3-6)4(7)2-12-13(9,10)11/h1-2,4,6-8,13-15H,3H2,(H2,10,11,16);4,6-8H,2-3H2,1H3,(H2,9,10,11)/t4-,6+,7+,8-;4-,5+/m01/s1. The first-order chi connectivity index (χ1) is 13.7. The largest absolute Gasteiger partial charge is 0.469 e. The Bertz CT molecular complexity index is 784. The van der Waals surface area contributed by atoms with Gasteiger partial charge < -0.3 is 50.9 Å². The predicted octanol–water partition coefficient (Wildman–Crippen LogP) is -4.36. The van der Waals surface area contributed by atoms with Crippen molar-refractivity contribution in [1.29, 1.82) is 0 Å². The van der Waals surface area contributed by atoms with Crippen LogP contribution in [0.3, 0.4) is 0 Å². The number of nitrogens with zero attached hydrogens (tertiary/aromatic N) is 2. The molecule has 1 aromatic rings. The number of ether oxygens (including phenoxy) is 1. The van der Waals surface area contributed by atoms with Gasteiger partial charge in [0.25, 0.3) is 0 Å². The Kier molecular flexibility index (Phi) is 9.47. The summed E-state index contributed by atoms with van der Waals surface area (Å²) in [5, 5.41) is 54.9. The van der Waals surface area contributed by atoms with E-state index < -0.39 is 69.6 Å². The van der Waals surface area contributed by atoms with Crippen LogP contribution in [0.5, 0.6) is 0 Å². The minimum absolute atomic E-state index is 0.0537. The van der Waals surface area contributed by atoms with Crippen molar-refractivity contribution in [3.63, 3.8) is 0 Å². The maximum atomic E-state index is 11.5. The lowest BCUT2D eigenvalue weighted by molar-refractivity contribution is -0.107. The number of nitrogens with two attached hydrogens (primary N) is 1. The van der Waals surface area contributed by atoms with Crippen molar-refractivity contribution in [3.05, 3.63) is 22.7 Å². The van der Waals surface area contributed by atoms with Crippen LogP contribution in [-0.2, 0) is 13.8 Å². The second-order valence-corrected chi connectivity index (χ2v) is 7.83. The van der Waals surface area contributed by atoms with E-state index in [4.69, 9.17) is 40.7 Å². The summed E-state index contributed by atoms with van der Waals surface area (Å²) in [6.07, 6.45) is -4.83. The molecular weight excluding hydrogens is 433 g/mol. The lowest BCUT2D eigenvalue weighted by Crippen LogP contribution is -2.45. The molecule has 0 bridgehead atoms. The molecule has 0 radical (unpaired) electrons. The van der Waals surface area contributed by atoms with E-state index in [0.717, 1.165) is 11.5 Å². The topological polar surface area (TPSA) is 258 Å². The van der Waals surface area contributed by atoms with Crippen molar-refractivity contribution in [1.82, 2.24) is 9.55 Å². The lowest BCUT2D eigenvalue weighted by atomic mass is 10.0. The van der Waals surface area contributed by atoms with Gasteiger partial charge in [0.2, 0.25) is 0 Å². The van der Waals surface area contributed by atoms with Gasteiger partial charge in [-0.25, -0.2) is 9.36 Å². The van der Waals surface area contributed by atoms with Gasteiger partial charge in [0.1, 0.15) is 35.8 Å². The van der Waals surface area contributed by atoms with Crippen molar-refractivity contribution in [2.75, 3.05) is 25.6 Å². The summed E-state index contributed by atoms with van der Waals surface area (Å²) >= 11 is 0. The molecule has 2 rings (SSSR count). The van der Waals surface area contributed by atoms with Crippen LogP contribution in [0.15, 0.2) is 17.1 Å². The van der Waals surface area contributed by atoms with Gasteiger partial charge in [0.15, 0.2) is 6.23 Å². The van der Waals surface area contributed by atoms with E-state index in [-0.39, 0.29) is 5.82 Å². The average Bonchev–Trinajstić information content (AvgIpc) is 2.94. The fourth-order valence-electron chi connectivity index (χ4n) is 2.18. The van der Waals surface area contributed by atoms with Crippen LogP contribution in [0.25, 0.3) is 0 Å². The molecular formula is C14H26N3O12P. The maximum absolute atomic E-state index is 11.5. The molecule has 1 saturated heterocycles. The Morgan fingerprint density at radius 1 is 1.37 bits per heavy atom. The summed E-state index contributed by atoms with van der Waals surface area (Å²) < 4.78 is 20.3. The third kappa shape index (κ3) is 7.33. The van der Waals surface area contributed by atoms with Crippen LogP contribution in [-0.4, -0.2) is 99.8 Å². The predicted molar refractivity (Wildman–Crippen MR) is 97.6 cm³/mol. The average molecular weight is 459 g/mol. The Morgan fingerprint density at radius 2 is 1.97 bits per heavy atom. The molecule has 0 saturated carbocycles. The van der Waals surface area contributed by atoms with Crippen LogP contribution in [0.1, 0.15) is 13.2 Å². The summed E-state index contributed by atoms with van der Waals surface area (Å²) in [6, 6.07) is 1.37. The van der Waals surface area contributed by atoms with Crippen molar-refractivity contribution in [3.8, 4) is 0 Å². The van der Waals surface area contributed by atoms with E-state index in [1.807, 2.05) is 0 Å². The van der Waals surface area contributed by atoms with Gasteiger partial charge in [0, 0.05) is 6.20 Å². The molecule has 16 heteroatoms. The van der Waals surface area contributed by atoms with Gasteiger partial charge >= 0.3 is 13.5 Å². The molecule has 10 N–H and O–H groups in total. The number of phosphoric ester groups is 1. The first-order valence-corrected chi connectivity index (χ1v) is 9.95. The third-order valence-corrected chi connectivity index (χ3v) is 4.57. The van der Waals surface area contributed by atoms with E-state index in [2.05, 4.69) is 9.51 Å². The molecule has 1 aromatic heterocycles. The Hall–Kier alpha value is -1.49. The van der Waals surface area contributed by atoms with Crippen molar-refractivity contribution in [2.24, 2.45) is 0 Å². The minimum Gasteiger partial charge on any atom is -0.394 e. The zero-order valence-corrected chi connectivity index (χ0v) is 16.7. The summed E-state index contributed by atoms with van der Waals surface area (Å²) in [5.41, 5.74) is 2.79. The molecule has 1 aliphatic rings. The first kappa shape index (κ1) is 26.5. The molecule has 0 amide bonds. The Labute approximate surface area is 169 Å². The quantitative estimate of drug-likeness (QED) is 0.175. The van der Waals surface area contributed by atoms with Crippen LogP contribution in [0.4, 0.5) is 5.82 Å². The zero-order chi connectivity index (χ0) is 23.3. The number of anilines is 1. The summed E-state index contributed by atoms with van der Waals surface area (Å²) in [4.78, 5) is 31.5. The van der Waals surface area contributed by atoms with Gasteiger partial charge in [0.05, 0.1) is 19.8 Å². The number of nitrogen functional groups attached to an aromatic ring is 1. The van der Waals surface area contributed by atoms with E-state index >= 15 is 0 Å². The Morgan fingerprint density at radius 3 is 2.40 bits per heavy atom. The lowest BCUT2D eigenvalue weighted by Gasteiger charge is -2.26. The smallest absolute Gasteiger partial charge is 0.394 e. The van der Waals surface area contributed by atoms with Gasteiger partial charge in [-0.1, -0.05) is 0 Å². The van der Waals surface area contributed by atoms with E-state index in [1.54, 1.807) is 0 Å². The van der Waals surface area contributed by atoms with E-state index in [0.29, 0.717) is 0 Å². The monoisotopic (exact) mass is 459 g/mol. The summed E-state index contributed by atoms with van der Waals surface area (Å²) in [7, 11) is -4.65. The summed E-state index contributed by atoms with van der Waals surface area (Å²) in [6.45, 7) is -0.830. The SMILES string of the molecule is C[C@](O)(CO)[C@H](O)COP(=O)(O)O.Nc1ccn([C@H]2O[C@@H](CO)[C@@H](O)[C@H]2O)c(=O)n1. The van der Waals surface area contributed by atoms with Gasteiger partial charge in [-0.05, 0) is 13.0 Å². The molecule has 6 atom stereocenters. The molecule has 0 unspecified atom stereocenters. The van der Waals surface area contributed by atoms with Gasteiger partial charge in [-0.15, -0.1) is 0 Å². The highest BCUT2D eigenvalue weighted by Gasteiger charge is 2.43. The van der Waals surface area contributed by atoms with Crippen LogP contribution < -0.4 is 11.4 Å². The Balaban J connectivity index is 0.000000314. The van der Waals surface area contributed by atoms with E-state index in [9.17, 15) is 19.6 Å². The molecule has 0 aliphatic carbocycles. The second-order valence-electron chi connectivity index (χ2n) is 6.59. The van der Waals surface area contributed by atoms with Gasteiger partial charge in [-0.3, -0.25) is 9.09 Å². The van der Waals surface area contributed by atoms with Crippen molar-refractivity contribution >= 4 is 13.6 Å². The highest BCUT2D eigenvalue weighted by atomic mass is 31.2. The maximum Gasteiger partial charge on any atom is 0.469 e. The van der Waals surface area contributed by atoms with Crippen LogP contribution >= 0.6 is 7.82 Å². The minimum atomic E-state index is -4.65. The third-order valence-electron chi connectivity index (χ3n) is 4.08. The highest BCUT2D eigenvalue weighted by molar-refractivity contribution is 7.46. The highest BCUT2D eigenvalue weighted by Crippen LogP contribution is 2.36. The molecule has 174 valence electrons. The number of hydrogen-bond donors (Lipinski definition) is 9. The second kappa shape index (κ2) is 10.7. The molecule has 1 aliphatic heterocycles. The van der Waals surface area contributed by atoms with Crippen LogP contribution in [0, 0.1) is 0 Å². The molecule has 2 heterocycles. The molecule has 1 fully saturated rings. The number of hydrogen-bond acceptors (Lipinski definition) is 12. The first-order valence-electron chi connectivity index (χ1n) is 8.42. The molecule has 30 heavy (non-hydrogen) atoms. The number of aliphatic hydroxyl groups is 6. The molecule has 0 aromatic carbocycles.